The van der Waals surface area contributed by atoms with Gasteiger partial charge < -0.3 is 5.73 Å². The second-order valence-electron chi connectivity index (χ2n) is 4.40. The van der Waals surface area contributed by atoms with E-state index in [0.717, 1.165) is 31.2 Å². The van der Waals surface area contributed by atoms with Gasteiger partial charge in [-0.2, -0.15) is 0 Å². The molecule has 82 valence electrons. The first-order valence-corrected chi connectivity index (χ1v) is 5.25. The maximum absolute atomic E-state index is 12.3. The second kappa shape index (κ2) is 3.89. The molecule has 15 heavy (non-hydrogen) atoms. The van der Waals surface area contributed by atoms with Crippen molar-refractivity contribution in [2.75, 3.05) is 0 Å². The summed E-state index contributed by atoms with van der Waals surface area (Å²) >= 11 is 0. The quantitative estimate of drug-likeness (QED) is 0.813. The van der Waals surface area contributed by atoms with Gasteiger partial charge in [-0.05, 0) is 31.2 Å². The average molecular weight is 211 g/mol. The Morgan fingerprint density at radius 3 is 2.27 bits per heavy atom. The third-order valence-corrected chi connectivity index (χ3v) is 3.04. The number of hydrogen-bond acceptors (Lipinski definition) is 1. The van der Waals surface area contributed by atoms with Gasteiger partial charge >= 0.3 is 0 Å². The van der Waals surface area contributed by atoms with Gasteiger partial charge in [-0.15, -0.1) is 0 Å². The maximum atomic E-state index is 12.3. The third-order valence-electron chi connectivity index (χ3n) is 3.04. The smallest absolute Gasteiger partial charge is 0.263 e. The van der Waals surface area contributed by atoms with E-state index in [2.05, 4.69) is 0 Å². The van der Waals surface area contributed by atoms with Crippen molar-refractivity contribution in [3.05, 3.63) is 35.4 Å². The lowest BCUT2D eigenvalue weighted by molar-refractivity contribution is 0.151. The van der Waals surface area contributed by atoms with E-state index >= 15 is 0 Å². The molecule has 1 aliphatic rings. The van der Waals surface area contributed by atoms with Crippen molar-refractivity contribution < 1.29 is 8.78 Å². The van der Waals surface area contributed by atoms with Crippen LogP contribution in [0.4, 0.5) is 8.78 Å². The molecule has 0 amide bonds. The highest BCUT2D eigenvalue weighted by Crippen LogP contribution is 2.36. The van der Waals surface area contributed by atoms with Gasteiger partial charge in [0.2, 0.25) is 0 Å². The Morgan fingerprint density at radius 2 is 1.80 bits per heavy atom. The minimum Gasteiger partial charge on any atom is -0.325 e. The Kier molecular flexibility index (Phi) is 2.74. The fourth-order valence-electron chi connectivity index (χ4n) is 1.63. The minimum absolute atomic E-state index is 0.0430. The Labute approximate surface area is 88.3 Å². The van der Waals surface area contributed by atoms with Crippen molar-refractivity contribution in [2.45, 2.75) is 37.6 Å². The predicted octanol–water partition coefficient (Wildman–Crippen LogP) is 3.05. The molecule has 1 saturated carbocycles. The van der Waals surface area contributed by atoms with Crippen molar-refractivity contribution in [3.8, 4) is 0 Å². The van der Waals surface area contributed by atoms with E-state index in [9.17, 15) is 8.78 Å². The SMILES string of the molecule is NC1(CCc2ccc(C(F)F)cc2)CC1. The fourth-order valence-corrected chi connectivity index (χ4v) is 1.63. The highest BCUT2D eigenvalue weighted by molar-refractivity contribution is 5.24. The first kappa shape index (κ1) is 10.6. The van der Waals surface area contributed by atoms with Crippen LogP contribution in [0, 0.1) is 0 Å². The lowest BCUT2D eigenvalue weighted by Crippen LogP contribution is -2.22. The maximum Gasteiger partial charge on any atom is 0.263 e. The zero-order chi connectivity index (χ0) is 10.9. The number of aryl methyl sites for hydroxylation is 1. The summed E-state index contributed by atoms with van der Waals surface area (Å²) in [6.07, 6.45) is 1.67. The number of alkyl halides is 2. The first-order chi connectivity index (χ1) is 7.09. The minimum atomic E-state index is -2.37. The van der Waals surface area contributed by atoms with Gasteiger partial charge in [0.05, 0.1) is 0 Å². The highest BCUT2D eigenvalue weighted by Gasteiger charge is 2.37. The van der Waals surface area contributed by atoms with E-state index in [1.54, 1.807) is 12.1 Å². The van der Waals surface area contributed by atoms with Gasteiger partial charge in [0.15, 0.2) is 0 Å². The Morgan fingerprint density at radius 1 is 1.20 bits per heavy atom. The summed E-state index contributed by atoms with van der Waals surface area (Å²) in [7, 11) is 0. The molecule has 1 nitrogen and oxygen atoms in total. The standard InChI is InChI=1S/C12H15F2N/c13-11(14)10-3-1-9(2-4-10)5-6-12(15)7-8-12/h1-4,11H,5-8,15H2. The highest BCUT2D eigenvalue weighted by atomic mass is 19.3. The molecular weight excluding hydrogens is 196 g/mol. The van der Waals surface area contributed by atoms with Crippen molar-refractivity contribution in [1.29, 1.82) is 0 Å². The lowest BCUT2D eigenvalue weighted by atomic mass is 10.0. The largest absolute Gasteiger partial charge is 0.325 e. The Hall–Kier alpha value is -0.960. The number of nitrogens with two attached hydrogens (primary N) is 1. The molecule has 1 aliphatic carbocycles. The van der Waals surface area contributed by atoms with E-state index in [-0.39, 0.29) is 11.1 Å². The van der Waals surface area contributed by atoms with Gasteiger partial charge in [0.1, 0.15) is 0 Å². The topological polar surface area (TPSA) is 26.0 Å². The Balaban J connectivity index is 1.92. The summed E-state index contributed by atoms with van der Waals surface area (Å²) in [5.41, 5.74) is 7.18. The fraction of sp³-hybridized carbons (Fsp3) is 0.500. The van der Waals surface area contributed by atoms with Crippen molar-refractivity contribution >= 4 is 0 Å². The van der Waals surface area contributed by atoms with Gasteiger partial charge in [-0.3, -0.25) is 0 Å². The molecular formula is C12H15F2N. The van der Waals surface area contributed by atoms with Gasteiger partial charge in [-0.25, -0.2) is 8.78 Å². The molecule has 0 heterocycles. The van der Waals surface area contributed by atoms with Crippen molar-refractivity contribution in [2.24, 2.45) is 5.73 Å². The number of rotatable bonds is 4. The molecule has 1 aromatic carbocycles. The molecule has 0 radical (unpaired) electrons. The van der Waals surface area contributed by atoms with Crippen LogP contribution < -0.4 is 5.73 Å². The zero-order valence-electron chi connectivity index (χ0n) is 8.55. The molecule has 2 rings (SSSR count). The summed E-state index contributed by atoms with van der Waals surface area (Å²) in [5, 5.41) is 0. The zero-order valence-corrected chi connectivity index (χ0v) is 8.55. The van der Waals surface area contributed by atoms with Gasteiger partial charge in [0.25, 0.3) is 6.43 Å². The molecule has 0 aliphatic heterocycles. The van der Waals surface area contributed by atoms with E-state index in [1.807, 2.05) is 0 Å². The molecule has 0 atom stereocenters. The van der Waals surface area contributed by atoms with Gasteiger partial charge in [0, 0.05) is 11.1 Å². The van der Waals surface area contributed by atoms with Crippen LogP contribution in [0.3, 0.4) is 0 Å². The average Bonchev–Trinajstić information content (AvgIpc) is 2.95. The second-order valence-corrected chi connectivity index (χ2v) is 4.40. The summed E-state index contributed by atoms with van der Waals surface area (Å²) < 4.78 is 24.5. The molecule has 0 unspecified atom stereocenters. The van der Waals surface area contributed by atoms with E-state index in [0.29, 0.717) is 0 Å². The summed E-state index contributed by atoms with van der Waals surface area (Å²) in [4.78, 5) is 0. The molecule has 0 aromatic heterocycles. The summed E-state index contributed by atoms with van der Waals surface area (Å²) in [6.45, 7) is 0. The molecule has 0 saturated heterocycles. The molecule has 0 bridgehead atoms. The van der Waals surface area contributed by atoms with E-state index < -0.39 is 6.43 Å². The number of halogens is 2. The van der Waals surface area contributed by atoms with Crippen LogP contribution in [0.25, 0.3) is 0 Å². The molecule has 3 heteroatoms. The van der Waals surface area contributed by atoms with Crippen LogP contribution in [-0.2, 0) is 6.42 Å². The molecule has 1 fully saturated rings. The number of hydrogen-bond donors (Lipinski definition) is 1. The van der Waals surface area contributed by atoms with Crippen LogP contribution >= 0.6 is 0 Å². The van der Waals surface area contributed by atoms with Crippen LogP contribution in [0.1, 0.15) is 36.8 Å². The van der Waals surface area contributed by atoms with Crippen molar-refractivity contribution in [3.63, 3.8) is 0 Å². The summed E-state index contributed by atoms with van der Waals surface area (Å²) in [6, 6.07) is 6.53. The monoisotopic (exact) mass is 211 g/mol. The Bertz CT molecular complexity index is 328. The third kappa shape index (κ3) is 2.75. The van der Waals surface area contributed by atoms with E-state index in [4.69, 9.17) is 5.73 Å². The van der Waals surface area contributed by atoms with E-state index in [1.165, 1.54) is 12.1 Å². The molecule has 1 aromatic rings. The van der Waals surface area contributed by atoms with Crippen LogP contribution in [0.15, 0.2) is 24.3 Å². The van der Waals surface area contributed by atoms with Crippen molar-refractivity contribution in [1.82, 2.24) is 0 Å². The normalized spacial score (nSPS) is 18.1. The first-order valence-electron chi connectivity index (χ1n) is 5.25. The molecule has 2 N–H and O–H groups in total. The lowest BCUT2D eigenvalue weighted by Gasteiger charge is -2.08. The van der Waals surface area contributed by atoms with Crippen LogP contribution in [0.5, 0.6) is 0 Å². The van der Waals surface area contributed by atoms with Crippen LogP contribution in [-0.4, -0.2) is 5.54 Å². The molecule has 0 spiro atoms. The van der Waals surface area contributed by atoms with Crippen LogP contribution in [0.2, 0.25) is 0 Å². The predicted molar refractivity (Wildman–Crippen MR) is 55.9 cm³/mol. The van der Waals surface area contributed by atoms with Gasteiger partial charge in [-0.1, -0.05) is 24.3 Å². The summed E-state index contributed by atoms with van der Waals surface area (Å²) in [5.74, 6) is 0. The number of benzene rings is 1.